The summed E-state index contributed by atoms with van der Waals surface area (Å²) in [6, 6.07) is 1.70. The lowest BCUT2D eigenvalue weighted by Gasteiger charge is -2.29. The fourth-order valence-corrected chi connectivity index (χ4v) is 4.24. The maximum atomic E-state index is 13.5. The summed E-state index contributed by atoms with van der Waals surface area (Å²) < 4.78 is 54.1. The number of urea groups is 1. The minimum Gasteiger partial charge on any atom is -0.372 e. The van der Waals surface area contributed by atoms with Crippen LogP contribution in [0.15, 0.2) is 18.2 Å². The largest absolute Gasteiger partial charge is 0.419 e. The minimum absolute atomic E-state index is 0.109. The molecule has 4 rings (SSSR count). The van der Waals surface area contributed by atoms with Crippen LogP contribution in [0.4, 0.5) is 28.0 Å². The molecule has 3 heterocycles. The van der Waals surface area contributed by atoms with Crippen molar-refractivity contribution in [1.29, 1.82) is 0 Å². The SMILES string of the molecule is CN1CC(CN)Cn2nc3c(c2C1O)CN(C(=O)Nc1ccc(F)c(C(F)(F)F)c1)CC3. The van der Waals surface area contributed by atoms with Crippen LogP contribution >= 0.6 is 0 Å². The highest BCUT2D eigenvalue weighted by Gasteiger charge is 2.36. The molecular formula is C20H24F4N6O2. The number of hydrogen-bond donors (Lipinski definition) is 3. The first-order valence-electron chi connectivity index (χ1n) is 10.2. The number of benzene rings is 1. The Kier molecular flexibility index (Phi) is 5.86. The summed E-state index contributed by atoms with van der Waals surface area (Å²) in [5.74, 6) is -1.30. The lowest BCUT2D eigenvalue weighted by Crippen LogP contribution is -2.39. The molecule has 2 atom stereocenters. The number of nitrogens with zero attached hydrogens (tertiary/aromatic N) is 4. The van der Waals surface area contributed by atoms with E-state index in [1.54, 1.807) is 16.6 Å². The number of alkyl halides is 3. The van der Waals surface area contributed by atoms with Gasteiger partial charge in [-0.15, -0.1) is 0 Å². The smallest absolute Gasteiger partial charge is 0.372 e. The molecule has 0 bridgehead atoms. The third-order valence-electron chi connectivity index (χ3n) is 5.93. The first-order chi connectivity index (χ1) is 15.1. The van der Waals surface area contributed by atoms with E-state index in [-0.39, 0.29) is 18.2 Å². The van der Waals surface area contributed by atoms with Crippen molar-refractivity contribution < 1.29 is 27.5 Å². The molecule has 0 aliphatic carbocycles. The van der Waals surface area contributed by atoms with Gasteiger partial charge in [0.1, 0.15) is 12.0 Å². The number of amides is 2. The number of rotatable bonds is 2. The van der Waals surface area contributed by atoms with Crippen molar-refractivity contribution in [3.8, 4) is 0 Å². The predicted molar refractivity (Wildman–Crippen MR) is 107 cm³/mol. The van der Waals surface area contributed by atoms with E-state index in [1.807, 2.05) is 0 Å². The summed E-state index contributed by atoms with van der Waals surface area (Å²) in [5.41, 5.74) is 6.32. The Labute approximate surface area is 181 Å². The number of aromatic nitrogens is 2. The van der Waals surface area contributed by atoms with Crippen LogP contribution in [0.3, 0.4) is 0 Å². The van der Waals surface area contributed by atoms with E-state index in [0.29, 0.717) is 50.4 Å². The number of nitrogens with one attached hydrogen (secondary N) is 1. The second-order valence-corrected chi connectivity index (χ2v) is 8.20. The molecule has 0 spiro atoms. The van der Waals surface area contributed by atoms with Gasteiger partial charge in [-0.3, -0.25) is 9.58 Å². The Morgan fingerprint density at radius 1 is 1.34 bits per heavy atom. The van der Waals surface area contributed by atoms with Gasteiger partial charge in [0.2, 0.25) is 0 Å². The van der Waals surface area contributed by atoms with E-state index in [9.17, 15) is 27.5 Å². The number of aliphatic hydroxyl groups excluding tert-OH is 1. The van der Waals surface area contributed by atoms with Gasteiger partial charge in [0.15, 0.2) is 0 Å². The van der Waals surface area contributed by atoms with Crippen molar-refractivity contribution in [2.75, 3.05) is 32.0 Å². The van der Waals surface area contributed by atoms with Crippen molar-refractivity contribution in [3.05, 3.63) is 46.5 Å². The van der Waals surface area contributed by atoms with E-state index in [4.69, 9.17) is 5.73 Å². The normalized spacial score (nSPS) is 21.7. The Hall–Kier alpha value is -2.70. The molecule has 2 aliphatic rings. The average Bonchev–Trinajstić information content (AvgIpc) is 3.04. The van der Waals surface area contributed by atoms with Crippen LogP contribution in [0.1, 0.15) is 28.7 Å². The Morgan fingerprint density at radius 2 is 2.09 bits per heavy atom. The maximum Gasteiger partial charge on any atom is 0.419 e. The third-order valence-corrected chi connectivity index (χ3v) is 5.93. The van der Waals surface area contributed by atoms with Crippen LogP contribution in [-0.4, -0.2) is 57.4 Å². The molecule has 2 unspecified atom stereocenters. The molecular weight excluding hydrogens is 432 g/mol. The molecule has 0 saturated heterocycles. The van der Waals surface area contributed by atoms with Gasteiger partial charge in [-0.05, 0) is 31.8 Å². The number of nitrogens with two attached hydrogens (primary N) is 1. The highest BCUT2D eigenvalue weighted by atomic mass is 19.4. The summed E-state index contributed by atoms with van der Waals surface area (Å²) in [6.45, 7) is 2.01. The number of halogens is 4. The molecule has 0 fully saturated rings. The van der Waals surface area contributed by atoms with Crippen LogP contribution in [0, 0.1) is 11.7 Å². The molecule has 2 amide bonds. The number of fused-ring (bicyclic) bond motifs is 3. The third kappa shape index (κ3) is 4.17. The Morgan fingerprint density at radius 3 is 2.78 bits per heavy atom. The van der Waals surface area contributed by atoms with Crippen LogP contribution < -0.4 is 11.1 Å². The fraction of sp³-hybridized carbons (Fsp3) is 0.500. The lowest BCUT2D eigenvalue weighted by atomic mass is 10.0. The number of carbonyl (C=O) groups is 1. The minimum atomic E-state index is -4.87. The molecule has 2 aromatic rings. The number of aliphatic hydroxyl groups is 1. The zero-order valence-electron chi connectivity index (χ0n) is 17.4. The van der Waals surface area contributed by atoms with Gasteiger partial charge < -0.3 is 21.1 Å². The van der Waals surface area contributed by atoms with Crippen molar-refractivity contribution >= 4 is 11.7 Å². The van der Waals surface area contributed by atoms with Crippen molar-refractivity contribution in [2.24, 2.45) is 11.7 Å². The van der Waals surface area contributed by atoms with Crippen LogP contribution in [-0.2, 0) is 25.7 Å². The maximum absolute atomic E-state index is 13.5. The van der Waals surface area contributed by atoms with Gasteiger partial charge in [-0.1, -0.05) is 0 Å². The van der Waals surface area contributed by atoms with Crippen LogP contribution in [0.25, 0.3) is 0 Å². The number of anilines is 1. The molecule has 1 aromatic heterocycles. The quantitative estimate of drug-likeness (QED) is 0.602. The molecule has 174 valence electrons. The summed E-state index contributed by atoms with van der Waals surface area (Å²) in [5, 5.41) is 17.8. The number of carbonyl (C=O) groups excluding carboxylic acids is 1. The fourth-order valence-electron chi connectivity index (χ4n) is 4.24. The van der Waals surface area contributed by atoms with E-state index in [2.05, 4.69) is 10.4 Å². The standard InChI is InChI=1S/C20H24F4N6O2/c1-28-8-11(7-25)9-30-17(18(28)31)13-10-29(5-4-16(13)27-30)19(32)26-12-2-3-15(21)14(6-12)20(22,23)24/h2-3,6,11,18,31H,4-5,7-10,25H2,1H3,(H,26,32). The molecule has 8 nitrogen and oxygen atoms in total. The zero-order valence-corrected chi connectivity index (χ0v) is 17.4. The molecule has 32 heavy (non-hydrogen) atoms. The molecule has 4 N–H and O–H groups in total. The zero-order chi connectivity index (χ0) is 23.2. The van der Waals surface area contributed by atoms with Gasteiger partial charge >= 0.3 is 12.2 Å². The molecule has 0 saturated carbocycles. The second kappa shape index (κ2) is 8.34. The first-order valence-corrected chi connectivity index (χ1v) is 10.2. The van der Waals surface area contributed by atoms with Crippen molar-refractivity contribution in [2.45, 2.75) is 31.9 Å². The summed E-state index contributed by atoms with van der Waals surface area (Å²) >= 11 is 0. The van der Waals surface area contributed by atoms with Gasteiger partial charge in [0.25, 0.3) is 0 Å². The van der Waals surface area contributed by atoms with Crippen LogP contribution in [0.5, 0.6) is 0 Å². The van der Waals surface area contributed by atoms with Crippen molar-refractivity contribution in [3.63, 3.8) is 0 Å². The summed E-state index contributed by atoms with van der Waals surface area (Å²) in [6.07, 6.45) is -5.36. The average molecular weight is 456 g/mol. The van der Waals surface area contributed by atoms with E-state index in [1.165, 1.54) is 4.90 Å². The topological polar surface area (TPSA) is 99.7 Å². The van der Waals surface area contributed by atoms with E-state index in [0.717, 1.165) is 17.3 Å². The second-order valence-electron chi connectivity index (χ2n) is 8.20. The van der Waals surface area contributed by atoms with Crippen LogP contribution in [0.2, 0.25) is 0 Å². The Balaban J connectivity index is 1.55. The molecule has 1 aromatic carbocycles. The summed E-state index contributed by atoms with van der Waals surface area (Å²) in [7, 11) is 1.78. The predicted octanol–water partition coefficient (Wildman–Crippen LogP) is 2.14. The number of hydrogen-bond acceptors (Lipinski definition) is 5. The van der Waals surface area contributed by atoms with Gasteiger partial charge in [0.05, 0.1) is 23.5 Å². The monoisotopic (exact) mass is 456 g/mol. The molecule has 0 radical (unpaired) electrons. The highest BCUT2D eigenvalue weighted by molar-refractivity contribution is 5.89. The van der Waals surface area contributed by atoms with E-state index >= 15 is 0 Å². The lowest BCUT2D eigenvalue weighted by molar-refractivity contribution is -0.139. The van der Waals surface area contributed by atoms with Gasteiger partial charge in [0, 0.05) is 43.2 Å². The van der Waals surface area contributed by atoms with Crippen molar-refractivity contribution in [1.82, 2.24) is 19.6 Å². The summed E-state index contributed by atoms with van der Waals surface area (Å²) in [4.78, 5) is 16.0. The van der Waals surface area contributed by atoms with E-state index < -0.39 is 29.8 Å². The highest BCUT2D eigenvalue weighted by Crippen LogP contribution is 2.34. The van der Waals surface area contributed by atoms with Gasteiger partial charge in [-0.25, -0.2) is 9.18 Å². The molecule has 12 heteroatoms. The van der Waals surface area contributed by atoms with Gasteiger partial charge in [-0.2, -0.15) is 18.3 Å². The first kappa shape index (κ1) is 22.5. The molecule has 2 aliphatic heterocycles. The Bertz CT molecular complexity index is 1020.